The third-order valence-corrected chi connectivity index (χ3v) is 1.73. The van der Waals surface area contributed by atoms with E-state index in [0.29, 0.717) is 0 Å². The van der Waals surface area contributed by atoms with E-state index in [1.165, 1.54) is 19.5 Å². The highest BCUT2D eigenvalue weighted by atomic mass is 35.5. The van der Waals surface area contributed by atoms with E-state index in [2.05, 4.69) is 10.6 Å². The summed E-state index contributed by atoms with van der Waals surface area (Å²) < 4.78 is 0. The van der Waals surface area contributed by atoms with Gasteiger partial charge in [-0.3, -0.25) is 0 Å². The molecule has 0 amide bonds. The number of hydrogen-bond acceptors (Lipinski definition) is 2. The smallest absolute Gasteiger partial charge is 0.0237 e. The van der Waals surface area contributed by atoms with Gasteiger partial charge in [0.15, 0.2) is 0 Å². The van der Waals surface area contributed by atoms with E-state index in [4.69, 9.17) is 0 Å². The average Bonchev–Trinajstić information content (AvgIpc) is 2.41. The zero-order valence-corrected chi connectivity index (χ0v) is 5.50. The number of rotatable bonds is 0. The Balaban J connectivity index is 0.000000320. The Morgan fingerprint density at radius 2 is 1.50 bits per heavy atom. The first-order chi connectivity index (χ1) is 3.47. The Bertz CT molecular complexity index is 76.5. The maximum absolute atomic E-state index is 3.39. The molecule has 8 heavy (non-hydrogen) atoms. The summed E-state index contributed by atoms with van der Waals surface area (Å²) in [5.41, 5.74) is 0. The molecule has 48 valence electrons. The summed E-state index contributed by atoms with van der Waals surface area (Å²) in [4.78, 5) is 0. The molecule has 2 atom stereocenters. The predicted molar refractivity (Wildman–Crippen MR) is 35.4 cm³/mol. The molecule has 2 rings (SSSR count). The molecular formula is C5H11ClN2. The summed E-state index contributed by atoms with van der Waals surface area (Å²) in [6.07, 6.45) is 1.36. The van der Waals surface area contributed by atoms with Crippen molar-refractivity contribution in [3.05, 3.63) is 0 Å². The largest absolute Gasteiger partial charge is 0.311 e. The van der Waals surface area contributed by atoms with Crippen LogP contribution in [0.3, 0.4) is 0 Å². The van der Waals surface area contributed by atoms with E-state index < -0.39 is 0 Å². The fraction of sp³-hybridized carbons (Fsp3) is 1.00. The summed E-state index contributed by atoms with van der Waals surface area (Å²) in [7, 11) is 0. The molecule has 0 bridgehead atoms. The maximum Gasteiger partial charge on any atom is 0.0237 e. The lowest BCUT2D eigenvalue weighted by Gasteiger charge is -2.10. The van der Waals surface area contributed by atoms with Crippen LogP contribution in [0, 0.1) is 0 Å². The van der Waals surface area contributed by atoms with Crippen molar-refractivity contribution in [1.82, 2.24) is 10.6 Å². The van der Waals surface area contributed by atoms with E-state index in [1.54, 1.807) is 0 Å². The minimum absolute atomic E-state index is 0. The Kier molecular flexibility index (Phi) is 1.75. The molecule has 0 aromatic carbocycles. The molecule has 1 heterocycles. The second-order valence-corrected chi connectivity index (χ2v) is 2.36. The SMILES string of the molecule is C1CNC2CC2N1.Cl. The first kappa shape index (κ1) is 6.33. The van der Waals surface area contributed by atoms with Gasteiger partial charge in [-0.15, -0.1) is 12.4 Å². The van der Waals surface area contributed by atoms with Crippen LogP contribution in [0.15, 0.2) is 0 Å². The first-order valence-electron chi connectivity index (χ1n) is 2.93. The number of halogens is 1. The van der Waals surface area contributed by atoms with Crippen molar-refractivity contribution in [2.75, 3.05) is 13.1 Å². The molecule has 1 aliphatic heterocycles. The number of piperazine rings is 1. The van der Waals surface area contributed by atoms with Gasteiger partial charge in [0.25, 0.3) is 0 Å². The molecular weight excluding hydrogens is 124 g/mol. The van der Waals surface area contributed by atoms with Gasteiger partial charge >= 0.3 is 0 Å². The monoisotopic (exact) mass is 134 g/mol. The van der Waals surface area contributed by atoms with Crippen LogP contribution in [-0.2, 0) is 0 Å². The molecule has 1 saturated carbocycles. The average molecular weight is 135 g/mol. The predicted octanol–water partition coefficient (Wildman–Crippen LogP) is -0.258. The van der Waals surface area contributed by atoms with Crippen LogP contribution in [0.5, 0.6) is 0 Å². The topological polar surface area (TPSA) is 24.1 Å². The molecule has 0 aromatic heterocycles. The van der Waals surface area contributed by atoms with Crippen LogP contribution < -0.4 is 10.6 Å². The van der Waals surface area contributed by atoms with Crippen LogP contribution >= 0.6 is 12.4 Å². The third kappa shape index (κ3) is 0.966. The minimum atomic E-state index is 0. The lowest BCUT2D eigenvalue weighted by molar-refractivity contribution is 0.528. The van der Waals surface area contributed by atoms with Crippen molar-refractivity contribution >= 4 is 12.4 Å². The Morgan fingerprint density at radius 1 is 1.00 bits per heavy atom. The molecule has 2 nitrogen and oxygen atoms in total. The van der Waals surface area contributed by atoms with Crippen LogP contribution in [0.4, 0.5) is 0 Å². The van der Waals surface area contributed by atoms with Crippen LogP contribution in [0.1, 0.15) is 6.42 Å². The first-order valence-corrected chi connectivity index (χ1v) is 2.93. The molecule has 2 aliphatic rings. The quantitative estimate of drug-likeness (QED) is 0.477. The van der Waals surface area contributed by atoms with Crippen molar-refractivity contribution in [2.45, 2.75) is 18.5 Å². The van der Waals surface area contributed by atoms with E-state index in [9.17, 15) is 0 Å². The highest BCUT2D eigenvalue weighted by Crippen LogP contribution is 2.22. The zero-order valence-electron chi connectivity index (χ0n) is 4.68. The van der Waals surface area contributed by atoms with Crippen molar-refractivity contribution < 1.29 is 0 Å². The second-order valence-electron chi connectivity index (χ2n) is 2.36. The number of hydrogen-bond donors (Lipinski definition) is 2. The highest BCUT2D eigenvalue weighted by molar-refractivity contribution is 5.85. The highest BCUT2D eigenvalue weighted by Gasteiger charge is 2.38. The Hall–Kier alpha value is 0.210. The number of fused-ring (bicyclic) bond motifs is 1. The van der Waals surface area contributed by atoms with Crippen molar-refractivity contribution in [3.8, 4) is 0 Å². The van der Waals surface area contributed by atoms with Gasteiger partial charge in [0.2, 0.25) is 0 Å². The van der Waals surface area contributed by atoms with Gasteiger partial charge in [-0.1, -0.05) is 0 Å². The van der Waals surface area contributed by atoms with E-state index >= 15 is 0 Å². The van der Waals surface area contributed by atoms with E-state index in [0.717, 1.165) is 12.1 Å². The standard InChI is InChI=1S/C5H10N2.ClH/c1-2-7-5-3-4(5)6-1;/h4-7H,1-3H2;1H. The van der Waals surface area contributed by atoms with Crippen molar-refractivity contribution in [3.63, 3.8) is 0 Å². The molecule has 3 heteroatoms. The van der Waals surface area contributed by atoms with E-state index in [-0.39, 0.29) is 12.4 Å². The molecule has 2 N–H and O–H groups in total. The van der Waals surface area contributed by atoms with Crippen LogP contribution in [0.25, 0.3) is 0 Å². The summed E-state index contributed by atoms with van der Waals surface area (Å²) in [5, 5.41) is 6.79. The number of nitrogens with one attached hydrogen (secondary N) is 2. The molecule has 2 fully saturated rings. The molecule has 1 saturated heterocycles. The fourth-order valence-electron chi connectivity index (χ4n) is 1.16. The van der Waals surface area contributed by atoms with Gasteiger partial charge in [0, 0.05) is 25.2 Å². The van der Waals surface area contributed by atoms with Gasteiger partial charge < -0.3 is 10.6 Å². The summed E-state index contributed by atoms with van der Waals surface area (Å²) in [5.74, 6) is 0. The lowest BCUT2D eigenvalue weighted by atomic mass is 10.4. The Morgan fingerprint density at radius 3 is 1.88 bits per heavy atom. The second kappa shape index (κ2) is 2.21. The van der Waals surface area contributed by atoms with E-state index in [1.807, 2.05) is 0 Å². The normalized spacial score (nSPS) is 42.0. The molecule has 0 aromatic rings. The van der Waals surface area contributed by atoms with Gasteiger partial charge in [0.1, 0.15) is 0 Å². The third-order valence-electron chi connectivity index (χ3n) is 1.73. The zero-order chi connectivity index (χ0) is 4.69. The molecule has 2 unspecified atom stereocenters. The van der Waals surface area contributed by atoms with Crippen LogP contribution in [-0.4, -0.2) is 25.2 Å². The van der Waals surface area contributed by atoms with Gasteiger partial charge in [-0.05, 0) is 6.42 Å². The van der Waals surface area contributed by atoms with Crippen LogP contribution in [0.2, 0.25) is 0 Å². The van der Waals surface area contributed by atoms with Crippen molar-refractivity contribution in [2.24, 2.45) is 0 Å². The lowest BCUT2D eigenvalue weighted by Crippen LogP contribution is -2.39. The van der Waals surface area contributed by atoms with Crippen molar-refractivity contribution in [1.29, 1.82) is 0 Å². The summed E-state index contributed by atoms with van der Waals surface area (Å²) >= 11 is 0. The molecule has 0 radical (unpaired) electrons. The summed E-state index contributed by atoms with van der Waals surface area (Å²) in [6.45, 7) is 2.34. The molecule has 0 spiro atoms. The fourth-order valence-corrected chi connectivity index (χ4v) is 1.16. The van der Waals surface area contributed by atoms with Gasteiger partial charge in [-0.2, -0.15) is 0 Å². The van der Waals surface area contributed by atoms with Gasteiger partial charge in [0.05, 0.1) is 0 Å². The summed E-state index contributed by atoms with van der Waals surface area (Å²) in [6, 6.07) is 1.68. The van der Waals surface area contributed by atoms with Gasteiger partial charge in [-0.25, -0.2) is 0 Å². The minimum Gasteiger partial charge on any atom is -0.311 e. The maximum atomic E-state index is 3.39. The molecule has 1 aliphatic carbocycles. The Labute approximate surface area is 55.4 Å².